The SMILES string of the molecule is CNCc1cnc2ccc(-c3ccc(F)cc3OCC/C(C(=N)C(O)C(C)(C)C)=C(\C)NC)cn12. The van der Waals surface area contributed by atoms with E-state index in [0.717, 1.165) is 28.2 Å². The molecule has 3 aromatic rings. The number of rotatable bonds is 10. The number of hydrogen-bond donors (Lipinski definition) is 4. The Morgan fingerprint density at radius 1 is 1.23 bits per heavy atom. The van der Waals surface area contributed by atoms with E-state index in [1.165, 1.54) is 12.1 Å². The van der Waals surface area contributed by atoms with Crippen molar-refractivity contribution < 1.29 is 14.2 Å². The Hall–Kier alpha value is -3.23. The first-order valence-electron chi connectivity index (χ1n) is 11.7. The number of imidazole rings is 1. The maximum Gasteiger partial charge on any atom is 0.136 e. The number of aromatic nitrogens is 2. The van der Waals surface area contributed by atoms with Crippen LogP contribution in [0.3, 0.4) is 0 Å². The Bertz CT molecular complexity index is 1230. The van der Waals surface area contributed by atoms with Crippen LogP contribution < -0.4 is 15.4 Å². The van der Waals surface area contributed by atoms with Crippen molar-refractivity contribution in [3.63, 3.8) is 0 Å². The molecule has 0 saturated carbocycles. The lowest BCUT2D eigenvalue weighted by molar-refractivity contribution is 0.121. The molecule has 0 amide bonds. The van der Waals surface area contributed by atoms with Crippen LogP contribution >= 0.6 is 0 Å². The molecule has 0 fully saturated rings. The fourth-order valence-electron chi connectivity index (χ4n) is 3.89. The quantitative estimate of drug-likeness (QED) is 0.319. The average molecular weight is 482 g/mol. The molecule has 35 heavy (non-hydrogen) atoms. The van der Waals surface area contributed by atoms with E-state index in [9.17, 15) is 9.50 Å². The Kier molecular flexibility index (Phi) is 8.30. The van der Waals surface area contributed by atoms with Crippen molar-refractivity contribution in [3.05, 3.63) is 65.5 Å². The number of aliphatic hydroxyl groups excluding tert-OH is 1. The zero-order chi connectivity index (χ0) is 25.8. The topological polar surface area (TPSA) is 94.7 Å². The fourth-order valence-corrected chi connectivity index (χ4v) is 3.89. The summed E-state index contributed by atoms with van der Waals surface area (Å²) < 4.78 is 22.2. The summed E-state index contributed by atoms with van der Waals surface area (Å²) in [6, 6.07) is 8.37. The molecule has 3 rings (SSSR count). The fraction of sp³-hybridized carbons (Fsp3) is 0.407. The monoisotopic (exact) mass is 481 g/mol. The van der Waals surface area contributed by atoms with Crippen molar-refractivity contribution in [1.29, 1.82) is 5.41 Å². The van der Waals surface area contributed by atoms with Crippen molar-refractivity contribution in [2.75, 3.05) is 20.7 Å². The lowest BCUT2D eigenvalue weighted by atomic mass is 9.83. The van der Waals surface area contributed by atoms with E-state index in [2.05, 4.69) is 15.6 Å². The van der Waals surface area contributed by atoms with Gasteiger partial charge in [0.1, 0.15) is 23.3 Å². The van der Waals surface area contributed by atoms with Gasteiger partial charge in [0.25, 0.3) is 0 Å². The van der Waals surface area contributed by atoms with E-state index in [1.54, 1.807) is 13.1 Å². The van der Waals surface area contributed by atoms with Gasteiger partial charge in [-0.15, -0.1) is 0 Å². The predicted octanol–water partition coefficient (Wildman–Crippen LogP) is 4.55. The van der Waals surface area contributed by atoms with E-state index in [1.807, 2.05) is 63.7 Å². The zero-order valence-electron chi connectivity index (χ0n) is 21.4. The van der Waals surface area contributed by atoms with Crippen molar-refractivity contribution in [2.45, 2.75) is 46.8 Å². The molecule has 188 valence electrons. The van der Waals surface area contributed by atoms with Crippen LogP contribution in [0.25, 0.3) is 16.8 Å². The smallest absolute Gasteiger partial charge is 0.136 e. The second-order valence-corrected chi connectivity index (χ2v) is 9.70. The molecule has 1 aromatic carbocycles. The van der Waals surface area contributed by atoms with Gasteiger partial charge in [0, 0.05) is 49.1 Å². The summed E-state index contributed by atoms with van der Waals surface area (Å²) >= 11 is 0. The van der Waals surface area contributed by atoms with E-state index in [-0.39, 0.29) is 18.1 Å². The Morgan fingerprint density at radius 2 is 1.97 bits per heavy atom. The van der Waals surface area contributed by atoms with Gasteiger partial charge in [0.05, 0.1) is 24.2 Å². The van der Waals surface area contributed by atoms with Crippen molar-refractivity contribution in [2.24, 2.45) is 5.41 Å². The molecule has 0 saturated heterocycles. The number of pyridine rings is 1. The molecule has 2 aromatic heterocycles. The first kappa shape index (κ1) is 26.4. The lowest BCUT2D eigenvalue weighted by Gasteiger charge is -2.28. The second-order valence-electron chi connectivity index (χ2n) is 9.70. The summed E-state index contributed by atoms with van der Waals surface area (Å²) in [5.41, 5.74) is 4.66. The molecule has 0 spiro atoms. The second kappa shape index (κ2) is 11.0. The number of allylic oxidation sites excluding steroid dienone is 1. The third-order valence-electron chi connectivity index (χ3n) is 6.05. The maximum absolute atomic E-state index is 14.2. The molecule has 0 radical (unpaired) electrons. The largest absolute Gasteiger partial charge is 0.492 e. The minimum Gasteiger partial charge on any atom is -0.492 e. The van der Waals surface area contributed by atoms with Gasteiger partial charge in [-0.05, 0) is 49.2 Å². The van der Waals surface area contributed by atoms with E-state index in [0.29, 0.717) is 24.3 Å². The zero-order valence-corrected chi connectivity index (χ0v) is 21.4. The minimum absolute atomic E-state index is 0.162. The summed E-state index contributed by atoms with van der Waals surface area (Å²) in [6.07, 6.45) is 3.28. The van der Waals surface area contributed by atoms with Gasteiger partial charge in [-0.2, -0.15) is 0 Å². The summed E-state index contributed by atoms with van der Waals surface area (Å²) in [6.45, 7) is 8.45. The van der Waals surface area contributed by atoms with Gasteiger partial charge in [-0.25, -0.2) is 9.37 Å². The standard InChI is InChI=1S/C27H36FN5O2/c1-17(31-6)21(25(29)26(34)27(2,3)4)11-12-35-23-13-19(28)8-9-22(23)18-7-10-24-32-15-20(14-30-5)33(24)16-18/h7-10,13,15-16,26,29-31,34H,11-12,14H2,1-6H3/b21-17-,29-25?. The number of nitrogens with one attached hydrogen (secondary N) is 3. The van der Waals surface area contributed by atoms with E-state index < -0.39 is 11.5 Å². The number of benzene rings is 1. The number of ether oxygens (including phenoxy) is 1. The third kappa shape index (κ3) is 6.07. The van der Waals surface area contributed by atoms with Crippen LogP contribution in [0.4, 0.5) is 4.39 Å². The lowest BCUT2D eigenvalue weighted by Crippen LogP contribution is -2.36. The number of nitrogens with zero attached hydrogens (tertiary/aromatic N) is 2. The van der Waals surface area contributed by atoms with Crippen LogP contribution in [0.1, 0.15) is 39.8 Å². The first-order chi connectivity index (χ1) is 16.6. The molecule has 4 N–H and O–H groups in total. The van der Waals surface area contributed by atoms with E-state index in [4.69, 9.17) is 10.1 Å². The Labute approximate surface area is 206 Å². The number of fused-ring (bicyclic) bond motifs is 1. The summed E-state index contributed by atoms with van der Waals surface area (Å²) in [4.78, 5) is 4.43. The van der Waals surface area contributed by atoms with Gasteiger partial charge in [-0.1, -0.05) is 20.8 Å². The molecule has 0 aliphatic heterocycles. The summed E-state index contributed by atoms with van der Waals surface area (Å²) in [7, 11) is 3.67. The Balaban J connectivity index is 1.87. The van der Waals surface area contributed by atoms with Gasteiger partial charge in [0.2, 0.25) is 0 Å². The number of hydrogen-bond acceptors (Lipinski definition) is 6. The molecule has 1 atom stereocenters. The molecule has 0 aliphatic rings. The molecular weight excluding hydrogens is 445 g/mol. The van der Waals surface area contributed by atoms with Crippen LogP contribution in [0, 0.1) is 16.6 Å². The molecule has 8 heteroatoms. The van der Waals surface area contributed by atoms with Crippen LogP contribution in [0.15, 0.2) is 54.0 Å². The van der Waals surface area contributed by atoms with Crippen LogP contribution in [0.2, 0.25) is 0 Å². The molecule has 2 heterocycles. The third-order valence-corrected chi connectivity index (χ3v) is 6.05. The highest BCUT2D eigenvalue weighted by Crippen LogP contribution is 2.32. The van der Waals surface area contributed by atoms with E-state index >= 15 is 0 Å². The maximum atomic E-state index is 14.2. The molecular formula is C27H36FN5O2. The molecule has 0 bridgehead atoms. The van der Waals surface area contributed by atoms with Gasteiger partial charge >= 0.3 is 0 Å². The molecule has 0 aliphatic carbocycles. The average Bonchev–Trinajstić information content (AvgIpc) is 3.22. The first-order valence-corrected chi connectivity index (χ1v) is 11.7. The molecule has 1 unspecified atom stereocenters. The van der Waals surface area contributed by atoms with Crippen molar-refractivity contribution >= 4 is 11.4 Å². The number of aliphatic hydroxyl groups is 1. The number of halogens is 1. The van der Waals surface area contributed by atoms with Crippen molar-refractivity contribution in [3.8, 4) is 16.9 Å². The van der Waals surface area contributed by atoms with Gasteiger partial charge in [-0.3, -0.25) is 0 Å². The minimum atomic E-state index is -0.917. The Morgan fingerprint density at radius 3 is 2.63 bits per heavy atom. The van der Waals surface area contributed by atoms with Crippen LogP contribution in [0.5, 0.6) is 5.75 Å². The highest BCUT2D eigenvalue weighted by Gasteiger charge is 2.29. The summed E-state index contributed by atoms with van der Waals surface area (Å²) in [5.74, 6) is 0.0328. The van der Waals surface area contributed by atoms with Crippen LogP contribution in [-0.2, 0) is 6.54 Å². The normalized spacial score (nSPS) is 13.5. The van der Waals surface area contributed by atoms with Crippen molar-refractivity contribution in [1.82, 2.24) is 20.0 Å². The summed E-state index contributed by atoms with van der Waals surface area (Å²) in [5, 5.41) is 25.4. The highest BCUT2D eigenvalue weighted by atomic mass is 19.1. The highest BCUT2D eigenvalue weighted by molar-refractivity contribution is 6.01. The van der Waals surface area contributed by atoms with Gasteiger partial charge in [0.15, 0.2) is 0 Å². The van der Waals surface area contributed by atoms with Crippen LogP contribution in [-0.4, -0.2) is 47.0 Å². The predicted molar refractivity (Wildman–Crippen MR) is 138 cm³/mol. The van der Waals surface area contributed by atoms with Gasteiger partial charge < -0.3 is 30.3 Å². The molecule has 7 nitrogen and oxygen atoms in total.